The van der Waals surface area contributed by atoms with Crippen molar-refractivity contribution in [1.82, 2.24) is 29.4 Å². The third-order valence-corrected chi connectivity index (χ3v) is 5.67. The van der Waals surface area contributed by atoms with Crippen LogP contribution in [0.1, 0.15) is 67.2 Å². The van der Waals surface area contributed by atoms with Crippen LogP contribution in [-0.4, -0.2) is 47.4 Å². The van der Waals surface area contributed by atoms with E-state index in [9.17, 15) is 4.79 Å². The predicted molar refractivity (Wildman–Crippen MR) is 93.4 cm³/mol. The van der Waals surface area contributed by atoms with Crippen molar-refractivity contribution in [2.24, 2.45) is 0 Å². The normalized spacial score (nSPS) is 22.4. The third-order valence-electron chi connectivity index (χ3n) is 5.67. The molecule has 0 spiro atoms. The molecule has 2 unspecified atom stereocenters. The fourth-order valence-electron chi connectivity index (χ4n) is 4.33. The quantitative estimate of drug-likeness (QED) is 0.857. The number of carbonyl (C=O) groups excluding carboxylic acids is 1. The lowest BCUT2D eigenvalue weighted by Crippen LogP contribution is -2.42. The zero-order chi connectivity index (χ0) is 17.7. The van der Waals surface area contributed by atoms with E-state index < -0.39 is 0 Å². The highest BCUT2D eigenvalue weighted by atomic mass is 16.2. The number of carbonyl (C=O) groups is 1. The molecule has 2 aromatic rings. The molecule has 1 saturated heterocycles. The number of aromatic nitrogens is 5. The first-order valence-corrected chi connectivity index (χ1v) is 9.28. The van der Waals surface area contributed by atoms with Crippen molar-refractivity contribution in [3.63, 3.8) is 0 Å². The van der Waals surface area contributed by atoms with E-state index in [1.54, 1.807) is 6.20 Å². The zero-order valence-corrected chi connectivity index (χ0v) is 15.4. The molecule has 2 aromatic heterocycles. The van der Waals surface area contributed by atoms with Gasteiger partial charge < -0.3 is 9.47 Å². The Balaban J connectivity index is 1.66. The van der Waals surface area contributed by atoms with E-state index in [-0.39, 0.29) is 18.0 Å². The molecule has 25 heavy (non-hydrogen) atoms. The highest BCUT2D eigenvalue weighted by Gasteiger charge is 2.42. The molecule has 0 saturated carbocycles. The van der Waals surface area contributed by atoms with E-state index in [0.29, 0.717) is 5.92 Å². The van der Waals surface area contributed by atoms with Gasteiger partial charge in [0.25, 0.3) is 5.91 Å². The van der Waals surface area contributed by atoms with Gasteiger partial charge in [0.05, 0.1) is 17.8 Å². The molecule has 4 heterocycles. The van der Waals surface area contributed by atoms with Gasteiger partial charge in [0, 0.05) is 37.2 Å². The molecule has 2 aliphatic heterocycles. The van der Waals surface area contributed by atoms with Gasteiger partial charge in [-0.25, -0.2) is 0 Å². The SMILES string of the molecule is CCn1ncc(C(=O)N2C3CCC2Cn2c(nnc2C(C)C)C3)c1C. The molecule has 1 fully saturated rings. The molecule has 2 bridgehead atoms. The van der Waals surface area contributed by atoms with Gasteiger partial charge in [-0.1, -0.05) is 13.8 Å². The Labute approximate surface area is 148 Å². The Morgan fingerprint density at radius 3 is 2.72 bits per heavy atom. The Morgan fingerprint density at radius 2 is 2.04 bits per heavy atom. The molecular weight excluding hydrogens is 316 g/mol. The van der Waals surface area contributed by atoms with Gasteiger partial charge in [-0.05, 0) is 26.7 Å². The fourth-order valence-corrected chi connectivity index (χ4v) is 4.33. The first-order chi connectivity index (χ1) is 12.0. The maximum Gasteiger partial charge on any atom is 0.257 e. The maximum atomic E-state index is 13.3. The molecule has 0 aromatic carbocycles. The Bertz CT molecular complexity index is 805. The minimum Gasteiger partial charge on any atom is -0.330 e. The maximum absolute atomic E-state index is 13.3. The smallest absolute Gasteiger partial charge is 0.257 e. The van der Waals surface area contributed by atoms with Gasteiger partial charge in [0.1, 0.15) is 11.6 Å². The number of nitrogens with zero attached hydrogens (tertiary/aromatic N) is 6. The Morgan fingerprint density at radius 1 is 1.28 bits per heavy atom. The van der Waals surface area contributed by atoms with Crippen LogP contribution in [0.5, 0.6) is 0 Å². The summed E-state index contributed by atoms with van der Waals surface area (Å²) < 4.78 is 4.13. The second kappa shape index (κ2) is 5.97. The average Bonchev–Trinajstić information content (AvgIpc) is 3.22. The van der Waals surface area contributed by atoms with Crippen molar-refractivity contribution in [1.29, 1.82) is 0 Å². The molecule has 7 nitrogen and oxygen atoms in total. The number of aryl methyl sites for hydroxylation is 1. The predicted octanol–water partition coefficient (Wildman–Crippen LogP) is 2.16. The average molecular weight is 342 g/mol. The van der Waals surface area contributed by atoms with Crippen molar-refractivity contribution < 1.29 is 4.79 Å². The summed E-state index contributed by atoms with van der Waals surface area (Å²) in [4.78, 5) is 15.4. The summed E-state index contributed by atoms with van der Waals surface area (Å²) in [5.74, 6) is 2.51. The van der Waals surface area contributed by atoms with Crippen LogP contribution in [0.15, 0.2) is 6.20 Å². The summed E-state index contributed by atoms with van der Waals surface area (Å²) in [5.41, 5.74) is 1.69. The second-order valence-corrected chi connectivity index (χ2v) is 7.50. The number of fused-ring (bicyclic) bond motifs is 3. The van der Waals surface area contributed by atoms with Crippen LogP contribution in [0, 0.1) is 6.92 Å². The van der Waals surface area contributed by atoms with E-state index in [4.69, 9.17) is 0 Å². The van der Waals surface area contributed by atoms with Gasteiger partial charge in [-0.2, -0.15) is 5.10 Å². The standard InChI is InChI=1S/C18H26N6O/c1-5-23-12(4)15(9-19-23)18(25)24-13-6-7-14(24)10-22-16(8-13)20-21-17(22)11(2)3/h9,11,13-14H,5-8,10H2,1-4H3. The molecule has 2 atom stereocenters. The van der Waals surface area contributed by atoms with E-state index in [1.165, 1.54) is 0 Å². The molecule has 0 aliphatic carbocycles. The first kappa shape index (κ1) is 16.3. The van der Waals surface area contributed by atoms with Crippen molar-refractivity contribution in [2.45, 2.75) is 78.0 Å². The van der Waals surface area contributed by atoms with Crippen molar-refractivity contribution >= 4 is 5.91 Å². The van der Waals surface area contributed by atoms with Crippen LogP contribution in [0.4, 0.5) is 0 Å². The topological polar surface area (TPSA) is 68.8 Å². The molecular formula is C18H26N6O. The third kappa shape index (κ3) is 2.48. The highest BCUT2D eigenvalue weighted by Crippen LogP contribution is 2.34. The number of amides is 1. The lowest BCUT2D eigenvalue weighted by Gasteiger charge is -2.28. The van der Waals surface area contributed by atoms with Crippen LogP contribution in [0.2, 0.25) is 0 Å². The Kier molecular flexibility index (Phi) is 3.89. The molecule has 2 aliphatic rings. The van der Waals surface area contributed by atoms with Gasteiger partial charge in [-0.15, -0.1) is 10.2 Å². The summed E-state index contributed by atoms with van der Waals surface area (Å²) in [6, 6.07) is 0.434. The van der Waals surface area contributed by atoms with Crippen molar-refractivity contribution in [3.05, 3.63) is 29.1 Å². The highest BCUT2D eigenvalue weighted by molar-refractivity contribution is 5.95. The summed E-state index contributed by atoms with van der Waals surface area (Å²) in [5, 5.41) is 13.2. The number of hydrogen-bond donors (Lipinski definition) is 0. The van der Waals surface area contributed by atoms with Gasteiger partial charge in [0.15, 0.2) is 0 Å². The first-order valence-electron chi connectivity index (χ1n) is 9.28. The minimum atomic E-state index is 0.120. The molecule has 1 amide bonds. The van der Waals surface area contributed by atoms with Gasteiger partial charge in [-0.3, -0.25) is 9.48 Å². The number of rotatable bonds is 3. The number of hydrogen-bond acceptors (Lipinski definition) is 4. The van der Waals surface area contributed by atoms with E-state index in [2.05, 4.69) is 38.6 Å². The van der Waals surface area contributed by atoms with Crippen molar-refractivity contribution in [3.8, 4) is 0 Å². The zero-order valence-electron chi connectivity index (χ0n) is 15.4. The molecule has 7 heteroatoms. The van der Waals surface area contributed by atoms with Crippen LogP contribution in [0.25, 0.3) is 0 Å². The summed E-state index contributed by atoms with van der Waals surface area (Å²) in [6.45, 7) is 9.90. The summed E-state index contributed by atoms with van der Waals surface area (Å²) in [6.07, 6.45) is 4.61. The largest absolute Gasteiger partial charge is 0.330 e. The summed E-state index contributed by atoms with van der Waals surface area (Å²) in [7, 11) is 0. The van der Waals surface area contributed by atoms with Crippen LogP contribution >= 0.6 is 0 Å². The second-order valence-electron chi connectivity index (χ2n) is 7.50. The molecule has 0 N–H and O–H groups in total. The molecule has 134 valence electrons. The monoisotopic (exact) mass is 342 g/mol. The van der Waals surface area contributed by atoms with Crippen LogP contribution in [0.3, 0.4) is 0 Å². The Hall–Kier alpha value is -2.18. The summed E-state index contributed by atoms with van der Waals surface area (Å²) >= 11 is 0. The molecule has 0 radical (unpaired) electrons. The van der Waals surface area contributed by atoms with E-state index >= 15 is 0 Å². The lowest BCUT2D eigenvalue weighted by molar-refractivity contribution is 0.0664. The lowest BCUT2D eigenvalue weighted by atomic mass is 10.1. The van der Waals surface area contributed by atoms with Crippen LogP contribution < -0.4 is 0 Å². The van der Waals surface area contributed by atoms with Gasteiger partial charge in [0.2, 0.25) is 0 Å². The van der Waals surface area contributed by atoms with Gasteiger partial charge >= 0.3 is 0 Å². The van der Waals surface area contributed by atoms with E-state index in [1.807, 2.05) is 18.5 Å². The van der Waals surface area contributed by atoms with Crippen molar-refractivity contribution in [2.75, 3.05) is 0 Å². The minimum absolute atomic E-state index is 0.120. The van der Waals surface area contributed by atoms with E-state index in [0.717, 1.165) is 55.3 Å². The fraction of sp³-hybridized carbons (Fsp3) is 0.667. The molecule has 4 rings (SSSR count). The van der Waals surface area contributed by atoms with Crippen LogP contribution in [-0.2, 0) is 19.5 Å².